The van der Waals surface area contributed by atoms with Crippen molar-refractivity contribution in [2.75, 3.05) is 4.72 Å². The topological polar surface area (TPSA) is 72.0 Å². The Balaban J connectivity index is 2.27. The minimum atomic E-state index is -3.62. The number of sulfonamides is 1. The fourth-order valence-corrected chi connectivity index (χ4v) is 2.27. The van der Waals surface area contributed by atoms with Gasteiger partial charge in [-0.15, -0.1) is 0 Å². The maximum atomic E-state index is 11.9. The predicted molar refractivity (Wildman–Crippen MR) is 64.3 cm³/mol. The van der Waals surface area contributed by atoms with E-state index in [0.717, 1.165) is 0 Å². The van der Waals surface area contributed by atoms with Crippen molar-refractivity contribution in [1.29, 1.82) is 0 Å². The lowest BCUT2D eigenvalue weighted by Crippen LogP contribution is -2.13. The summed E-state index contributed by atoms with van der Waals surface area (Å²) in [6.07, 6.45) is 2.52. The molecule has 7 heteroatoms. The second-order valence-corrected chi connectivity index (χ2v) is 5.21. The van der Waals surface area contributed by atoms with E-state index in [1.807, 2.05) is 0 Å². The SMILES string of the molecule is O=S(=O)(Nc1cnc(Cl)cn1)c1ccccc1. The summed E-state index contributed by atoms with van der Waals surface area (Å²) in [6, 6.07) is 8.00. The van der Waals surface area contributed by atoms with E-state index in [0.29, 0.717) is 0 Å². The van der Waals surface area contributed by atoms with Crippen LogP contribution in [0.5, 0.6) is 0 Å². The molecule has 0 aliphatic heterocycles. The standard InChI is InChI=1S/C10H8ClN3O2S/c11-9-6-13-10(7-12-9)14-17(15,16)8-4-2-1-3-5-8/h1-7H,(H,13,14). The van der Waals surface area contributed by atoms with Crippen LogP contribution in [0.4, 0.5) is 5.82 Å². The number of anilines is 1. The van der Waals surface area contributed by atoms with Crippen LogP contribution in [-0.4, -0.2) is 18.4 Å². The molecule has 1 heterocycles. The van der Waals surface area contributed by atoms with Gasteiger partial charge in [0, 0.05) is 0 Å². The zero-order valence-electron chi connectivity index (χ0n) is 8.54. The fourth-order valence-electron chi connectivity index (χ4n) is 1.16. The Hall–Kier alpha value is -1.66. The summed E-state index contributed by atoms with van der Waals surface area (Å²) < 4.78 is 26.1. The van der Waals surface area contributed by atoms with Gasteiger partial charge < -0.3 is 0 Å². The number of benzene rings is 1. The van der Waals surface area contributed by atoms with Crippen LogP contribution in [0, 0.1) is 0 Å². The minimum Gasteiger partial charge on any atom is -0.262 e. The molecular weight excluding hydrogens is 262 g/mol. The highest BCUT2D eigenvalue weighted by Gasteiger charge is 2.13. The molecule has 1 N–H and O–H groups in total. The van der Waals surface area contributed by atoms with E-state index >= 15 is 0 Å². The highest BCUT2D eigenvalue weighted by molar-refractivity contribution is 7.92. The lowest BCUT2D eigenvalue weighted by molar-refractivity contribution is 0.601. The Kier molecular flexibility index (Phi) is 3.26. The number of nitrogens with zero attached hydrogens (tertiary/aromatic N) is 2. The van der Waals surface area contributed by atoms with Gasteiger partial charge in [0.15, 0.2) is 5.82 Å². The molecule has 17 heavy (non-hydrogen) atoms. The number of rotatable bonds is 3. The Bertz CT molecular complexity index is 599. The lowest BCUT2D eigenvalue weighted by Gasteiger charge is -2.06. The zero-order chi connectivity index (χ0) is 12.3. The first-order valence-electron chi connectivity index (χ1n) is 4.63. The molecule has 1 aromatic carbocycles. The summed E-state index contributed by atoms with van der Waals surface area (Å²) >= 11 is 5.55. The normalized spacial score (nSPS) is 11.1. The average Bonchev–Trinajstić information content (AvgIpc) is 2.33. The van der Waals surface area contributed by atoms with E-state index in [1.165, 1.54) is 24.5 Å². The van der Waals surface area contributed by atoms with Crippen molar-refractivity contribution in [3.8, 4) is 0 Å². The Morgan fingerprint density at radius 1 is 1.06 bits per heavy atom. The van der Waals surface area contributed by atoms with Crippen LogP contribution in [0.25, 0.3) is 0 Å². The van der Waals surface area contributed by atoms with Crippen molar-refractivity contribution >= 4 is 27.4 Å². The maximum Gasteiger partial charge on any atom is 0.263 e. The second-order valence-electron chi connectivity index (χ2n) is 3.14. The van der Waals surface area contributed by atoms with Crippen LogP contribution >= 0.6 is 11.6 Å². The largest absolute Gasteiger partial charge is 0.263 e. The monoisotopic (exact) mass is 269 g/mol. The van der Waals surface area contributed by atoms with Gasteiger partial charge in [-0.2, -0.15) is 0 Å². The fraction of sp³-hybridized carbons (Fsp3) is 0. The minimum absolute atomic E-state index is 0.123. The molecule has 1 aromatic heterocycles. The van der Waals surface area contributed by atoms with E-state index in [1.54, 1.807) is 18.2 Å². The van der Waals surface area contributed by atoms with Gasteiger partial charge in [0.2, 0.25) is 0 Å². The van der Waals surface area contributed by atoms with Gasteiger partial charge in [0.1, 0.15) is 5.15 Å². The molecule has 2 rings (SSSR count). The third-order valence-corrected chi connectivity index (χ3v) is 3.48. The first-order valence-corrected chi connectivity index (χ1v) is 6.49. The van der Waals surface area contributed by atoms with Crippen molar-refractivity contribution in [2.45, 2.75) is 4.90 Å². The van der Waals surface area contributed by atoms with Crippen molar-refractivity contribution < 1.29 is 8.42 Å². The predicted octanol–water partition coefficient (Wildman–Crippen LogP) is 1.93. The Morgan fingerprint density at radius 3 is 2.35 bits per heavy atom. The summed E-state index contributed by atoms with van der Waals surface area (Å²) in [5.74, 6) is 0.123. The summed E-state index contributed by atoms with van der Waals surface area (Å²) in [6.45, 7) is 0. The van der Waals surface area contributed by atoms with Crippen molar-refractivity contribution in [1.82, 2.24) is 9.97 Å². The summed E-state index contributed by atoms with van der Waals surface area (Å²) in [4.78, 5) is 7.70. The number of halogens is 1. The van der Waals surface area contributed by atoms with Crippen LogP contribution in [0.3, 0.4) is 0 Å². The molecule has 0 atom stereocenters. The molecule has 0 saturated carbocycles. The van der Waals surface area contributed by atoms with Crippen LogP contribution in [-0.2, 0) is 10.0 Å². The number of nitrogens with one attached hydrogen (secondary N) is 1. The molecule has 0 radical (unpaired) electrons. The molecular formula is C10H8ClN3O2S. The molecule has 0 fully saturated rings. The molecule has 0 spiro atoms. The average molecular weight is 270 g/mol. The molecule has 0 amide bonds. The van der Waals surface area contributed by atoms with Crippen molar-refractivity contribution in [2.24, 2.45) is 0 Å². The van der Waals surface area contributed by atoms with Gasteiger partial charge in [-0.05, 0) is 12.1 Å². The van der Waals surface area contributed by atoms with Crippen LogP contribution in [0.15, 0.2) is 47.6 Å². The molecule has 2 aromatic rings. The number of aromatic nitrogens is 2. The molecule has 0 aliphatic rings. The summed E-state index contributed by atoms with van der Waals surface area (Å²) in [7, 11) is -3.62. The van der Waals surface area contributed by atoms with Gasteiger partial charge in [-0.3, -0.25) is 4.72 Å². The van der Waals surface area contributed by atoms with Gasteiger partial charge in [-0.25, -0.2) is 18.4 Å². The van der Waals surface area contributed by atoms with Gasteiger partial charge in [0.05, 0.1) is 17.3 Å². The third-order valence-electron chi connectivity index (χ3n) is 1.91. The quantitative estimate of drug-likeness (QED) is 0.924. The van der Waals surface area contributed by atoms with Crippen LogP contribution in [0.1, 0.15) is 0 Å². The number of hydrogen-bond donors (Lipinski definition) is 1. The molecule has 5 nitrogen and oxygen atoms in total. The van der Waals surface area contributed by atoms with Gasteiger partial charge >= 0.3 is 0 Å². The van der Waals surface area contributed by atoms with E-state index in [4.69, 9.17) is 11.6 Å². The molecule has 88 valence electrons. The molecule has 0 aliphatic carbocycles. The Morgan fingerprint density at radius 2 is 1.76 bits per heavy atom. The first-order chi connectivity index (χ1) is 8.08. The molecule has 0 bridgehead atoms. The second kappa shape index (κ2) is 4.68. The summed E-state index contributed by atoms with van der Waals surface area (Å²) in [5.41, 5.74) is 0. The van der Waals surface area contributed by atoms with E-state index in [9.17, 15) is 8.42 Å². The third kappa shape index (κ3) is 2.92. The van der Waals surface area contributed by atoms with Crippen molar-refractivity contribution in [3.63, 3.8) is 0 Å². The maximum absolute atomic E-state index is 11.9. The number of hydrogen-bond acceptors (Lipinski definition) is 4. The van der Waals surface area contributed by atoms with E-state index in [2.05, 4.69) is 14.7 Å². The van der Waals surface area contributed by atoms with Crippen LogP contribution in [0.2, 0.25) is 5.15 Å². The Labute approximate surface area is 104 Å². The zero-order valence-corrected chi connectivity index (χ0v) is 10.1. The lowest BCUT2D eigenvalue weighted by atomic mass is 10.4. The summed E-state index contributed by atoms with van der Waals surface area (Å²) in [5, 5.41) is 0.202. The van der Waals surface area contributed by atoms with Gasteiger partial charge in [-0.1, -0.05) is 29.8 Å². The van der Waals surface area contributed by atoms with Crippen LogP contribution < -0.4 is 4.72 Å². The van der Waals surface area contributed by atoms with E-state index in [-0.39, 0.29) is 15.9 Å². The van der Waals surface area contributed by atoms with Gasteiger partial charge in [0.25, 0.3) is 10.0 Å². The smallest absolute Gasteiger partial charge is 0.262 e. The highest BCUT2D eigenvalue weighted by atomic mass is 35.5. The first kappa shape index (κ1) is 11.8. The molecule has 0 saturated heterocycles. The van der Waals surface area contributed by atoms with Crippen molar-refractivity contribution in [3.05, 3.63) is 47.9 Å². The highest BCUT2D eigenvalue weighted by Crippen LogP contribution is 2.13. The van der Waals surface area contributed by atoms with E-state index < -0.39 is 10.0 Å². The molecule has 0 unspecified atom stereocenters.